The van der Waals surface area contributed by atoms with Crippen molar-refractivity contribution in [2.75, 3.05) is 6.61 Å². The van der Waals surface area contributed by atoms with Gasteiger partial charge in [-0.05, 0) is 112 Å². The summed E-state index contributed by atoms with van der Waals surface area (Å²) in [5, 5.41) is 31.9. The molecule has 10 atom stereocenters. The van der Waals surface area contributed by atoms with Gasteiger partial charge >= 0.3 is 5.97 Å². The van der Waals surface area contributed by atoms with Gasteiger partial charge in [0.25, 0.3) is 0 Å². The quantitative estimate of drug-likeness (QED) is 0.0448. The van der Waals surface area contributed by atoms with Gasteiger partial charge in [-0.25, -0.2) is 0 Å². The van der Waals surface area contributed by atoms with E-state index in [2.05, 4.69) is 74.4 Å². The van der Waals surface area contributed by atoms with Gasteiger partial charge in [0.2, 0.25) is 0 Å². The summed E-state index contributed by atoms with van der Waals surface area (Å²) < 4.78 is 17.6. The van der Waals surface area contributed by atoms with Gasteiger partial charge in [-0.15, -0.1) is 0 Å². The van der Waals surface area contributed by atoms with Crippen LogP contribution in [0.5, 0.6) is 0 Å². The maximum atomic E-state index is 12.4. The largest absolute Gasteiger partial charge is 0.463 e. The number of hydrogen-bond acceptors (Lipinski definition) is 7. The minimum atomic E-state index is -1.45. The molecule has 0 spiro atoms. The lowest BCUT2D eigenvalue weighted by Gasteiger charge is -2.43. The number of hydrogen-bond donors (Lipinski definition) is 3. The van der Waals surface area contributed by atoms with Gasteiger partial charge in [0.15, 0.2) is 6.29 Å². The van der Waals surface area contributed by atoms with Crippen molar-refractivity contribution in [3.8, 4) is 0 Å². The normalized spacial score (nSPS) is 21.5. The molecule has 7 heteroatoms. The first kappa shape index (κ1) is 59.6. The lowest BCUT2D eigenvalue weighted by atomic mass is 9.88. The molecule has 380 valence electrons. The van der Waals surface area contributed by atoms with E-state index in [1.54, 1.807) is 5.56 Å². The summed E-state index contributed by atoms with van der Waals surface area (Å²) in [6.07, 6.45) is 27.5. The Hall–Kier alpha value is -1.51. The maximum absolute atomic E-state index is 12.4. The van der Waals surface area contributed by atoms with Crippen LogP contribution in [0.3, 0.4) is 0 Å². The van der Waals surface area contributed by atoms with Crippen molar-refractivity contribution < 1.29 is 34.3 Å². The van der Waals surface area contributed by atoms with Gasteiger partial charge in [-0.2, -0.15) is 0 Å². The number of unbranched alkanes of at least 4 members (excludes halogenated alkanes) is 9. The molecule has 1 aliphatic rings. The summed E-state index contributed by atoms with van der Waals surface area (Å²) >= 11 is 0. The number of aryl methyl sites for hydroxylation is 2. The summed E-state index contributed by atoms with van der Waals surface area (Å²) in [6, 6.07) is 4.56. The molecule has 1 saturated heterocycles. The zero-order chi connectivity index (χ0) is 48.2. The Morgan fingerprint density at radius 1 is 0.585 bits per heavy atom. The fraction of sp³-hybridized carbons (Fsp3) is 0.879. The first-order valence-corrected chi connectivity index (χ1v) is 27.5. The Balaban J connectivity index is 1.51. The van der Waals surface area contributed by atoms with E-state index in [0.29, 0.717) is 12.3 Å². The van der Waals surface area contributed by atoms with Gasteiger partial charge in [0, 0.05) is 6.42 Å². The predicted octanol–water partition coefficient (Wildman–Crippen LogP) is 15.0. The molecule has 0 aromatic heterocycles. The second-order valence-electron chi connectivity index (χ2n) is 22.5. The molecular formula is C58H106O7. The van der Waals surface area contributed by atoms with Crippen LogP contribution in [0, 0.1) is 50.4 Å². The van der Waals surface area contributed by atoms with Crippen molar-refractivity contribution in [1.82, 2.24) is 0 Å². The summed E-state index contributed by atoms with van der Waals surface area (Å²) in [5.74, 6) is 3.58. The Morgan fingerprint density at radius 3 is 1.55 bits per heavy atom. The van der Waals surface area contributed by atoms with Crippen molar-refractivity contribution in [3.63, 3.8) is 0 Å². The molecule has 7 nitrogen and oxygen atoms in total. The third kappa shape index (κ3) is 26.2. The summed E-state index contributed by atoms with van der Waals surface area (Å²) in [7, 11) is 0. The Morgan fingerprint density at radius 2 is 1.03 bits per heavy atom. The van der Waals surface area contributed by atoms with Gasteiger partial charge < -0.3 is 29.5 Å². The molecule has 1 heterocycles. The minimum absolute atomic E-state index is 0.188. The molecule has 0 aliphatic carbocycles. The summed E-state index contributed by atoms with van der Waals surface area (Å²) in [5.41, 5.74) is 5.37. The number of aliphatic hydroxyl groups is 3. The van der Waals surface area contributed by atoms with E-state index < -0.39 is 36.3 Å². The van der Waals surface area contributed by atoms with Crippen LogP contribution in [0.15, 0.2) is 12.1 Å². The highest BCUT2D eigenvalue weighted by Gasteiger charge is 2.46. The fourth-order valence-electron chi connectivity index (χ4n) is 10.2. The molecule has 2 rings (SSSR count). The van der Waals surface area contributed by atoms with Crippen molar-refractivity contribution in [3.05, 3.63) is 34.4 Å². The number of rotatable bonds is 38. The van der Waals surface area contributed by atoms with Gasteiger partial charge in [0.05, 0.1) is 5.60 Å². The van der Waals surface area contributed by atoms with E-state index in [4.69, 9.17) is 14.2 Å². The Labute approximate surface area is 401 Å². The van der Waals surface area contributed by atoms with E-state index in [1.807, 2.05) is 13.8 Å². The standard InChI is InChI=1S/C58H106O7/c1-12-13-14-15-16-17-18-19-20-36-53(59)63-42-52-54(60)55(61)56(62)57(64-52)65-58(10,11)41-26-35-46(5)33-24-32-45(4)31-23-29-43(2)27-21-22-28-44(3)30-25-34-47(6)37-40-51-49(8)39-38-48(7)50(51)9/h38-39,43-47,52,54-57,60-62H,12-37,40-42H2,1-11H3/t43-,44+,45-,46-,47-,52-,54-,55+,56-,57-/m1/s1. The smallest absolute Gasteiger partial charge is 0.305 e. The van der Waals surface area contributed by atoms with Gasteiger partial charge in [-0.3, -0.25) is 4.79 Å². The van der Waals surface area contributed by atoms with Crippen molar-refractivity contribution in [2.24, 2.45) is 29.6 Å². The lowest BCUT2D eigenvalue weighted by Crippen LogP contribution is -2.60. The fourth-order valence-corrected chi connectivity index (χ4v) is 10.2. The zero-order valence-corrected chi connectivity index (χ0v) is 44.4. The number of esters is 1. The topological polar surface area (TPSA) is 105 Å². The lowest BCUT2D eigenvalue weighted by molar-refractivity contribution is -0.324. The van der Waals surface area contributed by atoms with Crippen molar-refractivity contribution >= 4 is 5.97 Å². The summed E-state index contributed by atoms with van der Waals surface area (Å²) in [6.45, 7) is 25.0. The van der Waals surface area contributed by atoms with Gasteiger partial charge in [-0.1, -0.05) is 201 Å². The molecule has 0 unspecified atom stereocenters. The third-order valence-corrected chi connectivity index (χ3v) is 15.3. The minimum Gasteiger partial charge on any atom is -0.463 e. The van der Waals surface area contributed by atoms with E-state index in [9.17, 15) is 20.1 Å². The van der Waals surface area contributed by atoms with E-state index in [-0.39, 0.29) is 12.6 Å². The molecular weight excluding hydrogens is 809 g/mol. The number of carbonyl (C=O) groups excluding carboxylic acids is 1. The van der Waals surface area contributed by atoms with E-state index in [0.717, 1.165) is 62.2 Å². The molecule has 1 aliphatic heterocycles. The Bertz CT molecular complexity index is 1360. The van der Waals surface area contributed by atoms with Crippen LogP contribution >= 0.6 is 0 Å². The molecule has 0 radical (unpaired) electrons. The summed E-state index contributed by atoms with van der Waals surface area (Å²) in [4.78, 5) is 12.4. The molecule has 65 heavy (non-hydrogen) atoms. The number of benzene rings is 1. The maximum Gasteiger partial charge on any atom is 0.305 e. The van der Waals surface area contributed by atoms with E-state index in [1.165, 1.54) is 152 Å². The third-order valence-electron chi connectivity index (χ3n) is 15.3. The molecule has 1 fully saturated rings. The molecule has 0 amide bonds. The SMILES string of the molecule is CCCCCCCCCCCC(=O)OC[C@H]1O[C@H](OC(C)(C)CCC[C@H](C)CCC[C@H](C)CCC[C@H](C)CCCC[C@H](C)CCC[C@@H](C)CCc2c(C)ccc(C)c2C)[C@H](O)[C@@H](O)[C@@H]1O. The second-order valence-corrected chi connectivity index (χ2v) is 22.5. The van der Waals surface area contributed by atoms with Crippen molar-refractivity contribution in [1.29, 1.82) is 0 Å². The highest BCUT2D eigenvalue weighted by atomic mass is 16.7. The number of aliphatic hydroxyl groups excluding tert-OH is 3. The second kappa shape index (κ2) is 33.9. The average molecular weight is 915 g/mol. The zero-order valence-electron chi connectivity index (χ0n) is 44.4. The van der Waals surface area contributed by atoms with Gasteiger partial charge in [0.1, 0.15) is 31.0 Å². The average Bonchev–Trinajstić information content (AvgIpc) is 3.25. The highest BCUT2D eigenvalue weighted by Crippen LogP contribution is 2.31. The number of carbonyl (C=O) groups is 1. The molecule has 0 bridgehead atoms. The highest BCUT2D eigenvalue weighted by molar-refractivity contribution is 5.69. The van der Waals surface area contributed by atoms with Crippen LogP contribution in [-0.4, -0.2) is 64.2 Å². The predicted molar refractivity (Wildman–Crippen MR) is 273 cm³/mol. The first-order valence-electron chi connectivity index (χ1n) is 27.5. The van der Waals surface area contributed by atoms with E-state index >= 15 is 0 Å². The molecule has 0 saturated carbocycles. The monoisotopic (exact) mass is 915 g/mol. The van der Waals surface area contributed by atoms with Crippen LogP contribution in [0.2, 0.25) is 0 Å². The Kier molecular flexibility index (Phi) is 31.1. The number of ether oxygens (including phenoxy) is 3. The molecule has 1 aromatic rings. The molecule has 3 N–H and O–H groups in total. The van der Waals surface area contributed by atoms with Crippen LogP contribution in [0.4, 0.5) is 0 Å². The molecule has 1 aromatic carbocycles. The van der Waals surface area contributed by atoms with Crippen LogP contribution in [0.25, 0.3) is 0 Å². The first-order chi connectivity index (χ1) is 30.9. The van der Waals surface area contributed by atoms with Crippen LogP contribution in [-0.2, 0) is 25.4 Å². The van der Waals surface area contributed by atoms with Crippen LogP contribution in [0.1, 0.15) is 251 Å². The van der Waals surface area contributed by atoms with Crippen LogP contribution < -0.4 is 0 Å². The van der Waals surface area contributed by atoms with Crippen molar-refractivity contribution in [2.45, 2.75) is 292 Å².